The van der Waals surface area contributed by atoms with Gasteiger partial charge in [0.2, 0.25) is 5.91 Å². The molecule has 0 spiro atoms. The van der Waals surface area contributed by atoms with Crippen molar-refractivity contribution in [1.82, 2.24) is 20.4 Å². The van der Waals surface area contributed by atoms with Gasteiger partial charge >= 0.3 is 0 Å². The fourth-order valence-electron chi connectivity index (χ4n) is 4.42. The molecule has 0 radical (unpaired) electrons. The molecule has 4 atom stereocenters. The maximum Gasteiger partial charge on any atom is 0.238 e. The number of hydrogen-bond donors (Lipinski definition) is 2. The number of carbonyl (C=O) groups is 1. The number of nitriles is 1. The van der Waals surface area contributed by atoms with Crippen molar-refractivity contribution in [2.24, 2.45) is 13.0 Å². The van der Waals surface area contributed by atoms with E-state index in [1.54, 1.807) is 16.9 Å². The lowest BCUT2D eigenvalue weighted by Crippen LogP contribution is -2.50. The van der Waals surface area contributed by atoms with Crippen molar-refractivity contribution in [2.45, 2.75) is 50.7 Å². The normalized spacial score (nSPS) is 24.1. The van der Waals surface area contributed by atoms with Crippen LogP contribution in [0.25, 0.3) is 11.1 Å². The second-order valence-corrected chi connectivity index (χ2v) is 7.88. The Morgan fingerprint density at radius 1 is 1.50 bits per heavy atom. The lowest BCUT2D eigenvalue weighted by atomic mass is 9.98. The van der Waals surface area contributed by atoms with Crippen molar-refractivity contribution >= 4 is 5.91 Å². The summed E-state index contributed by atoms with van der Waals surface area (Å²) in [5, 5.41) is 19.8. The van der Waals surface area contributed by atoms with Gasteiger partial charge < -0.3 is 10.6 Å². The third-order valence-corrected chi connectivity index (χ3v) is 6.14. The number of carbonyl (C=O) groups excluding carboxylic acids is 1. The maximum absolute atomic E-state index is 14.7. The van der Waals surface area contributed by atoms with Crippen LogP contribution in [-0.2, 0) is 18.3 Å². The molecule has 1 aromatic carbocycles. The first-order valence-electron chi connectivity index (χ1n) is 9.69. The third-order valence-electron chi connectivity index (χ3n) is 6.14. The molecular formula is C21H24FN5O. The molecule has 1 aliphatic carbocycles. The van der Waals surface area contributed by atoms with Gasteiger partial charge in [-0.3, -0.25) is 9.48 Å². The van der Waals surface area contributed by atoms with E-state index in [2.05, 4.69) is 21.8 Å². The number of halogens is 1. The Kier molecular flexibility index (Phi) is 4.90. The van der Waals surface area contributed by atoms with Gasteiger partial charge in [-0.05, 0) is 49.3 Å². The van der Waals surface area contributed by atoms with Gasteiger partial charge in [0.15, 0.2) is 0 Å². The molecule has 1 amide bonds. The van der Waals surface area contributed by atoms with Gasteiger partial charge in [-0.1, -0.05) is 12.1 Å². The highest BCUT2D eigenvalue weighted by molar-refractivity contribution is 5.83. The smallest absolute Gasteiger partial charge is 0.238 e. The van der Waals surface area contributed by atoms with Gasteiger partial charge in [0, 0.05) is 30.8 Å². The average Bonchev–Trinajstić information content (AvgIpc) is 3.40. The molecule has 2 aliphatic rings. The molecule has 1 saturated heterocycles. The first-order valence-corrected chi connectivity index (χ1v) is 9.69. The van der Waals surface area contributed by atoms with Crippen molar-refractivity contribution in [1.29, 1.82) is 5.26 Å². The van der Waals surface area contributed by atoms with Crippen LogP contribution in [0.4, 0.5) is 4.39 Å². The monoisotopic (exact) mass is 381 g/mol. The zero-order chi connectivity index (χ0) is 19.8. The van der Waals surface area contributed by atoms with Crippen molar-refractivity contribution in [3.63, 3.8) is 0 Å². The summed E-state index contributed by atoms with van der Waals surface area (Å²) in [7, 11) is 1.84. The van der Waals surface area contributed by atoms with Crippen molar-refractivity contribution in [2.75, 3.05) is 0 Å². The molecule has 1 aromatic heterocycles. The fraction of sp³-hybridized carbons (Fsp3) is 0.476. The standard InChI is InChI=1S/C21H24FN5O/c1-12-18(11-24-27(12)2)13-3-4-14(19(22)9-13)7-17(10-23)26-21(28)20-15-5-6-16(8-15)25-20/h3-4,9,11,15-17,20,25H,5-8H2,1-2H3,(H,26,28)/t15-,16+,17?,20-/m0/s1. The van der Waals surface area contributed by atoms with E-state index in [-0.39, 0.29) is 24.2 Å². The predicted molar refractivity (Wildman–Crippen MR) is 103 cm³/mol. The molecule has 1 unspecified atom stereocenters. The molecule has 6 nitrogen and oxygen atoms in total. The summed E-state index contributed by atoms with van der Waals surface area (Å²) in [6.07, 6.45) is 5.05. The first-order chi connectivity index (χ1) is 13.5. The molecule has 4 rings (SSSR count). The minimum absolute atomic E-state index is 0.140. The van der Waals surface area contributed by atoms with Crippen molar-refractivity contribution < 1.29 is 9.18 Å². The zero-order valence-electron chi connectivity index (χ0n) is 16.1. The van der Waals surface area contributed by atoms with Crippen LogP contribution in [0.1, 0.15) is 30.5 Å². The van der Waals surface area contributed by atoms with Crippen LogP contribution in [0.3, 0.4) is 0 Å². The van der Waals surface area contributed by atoms with Gasteiger partial charge in [0.25, 0.3) is 0 Å². The third kappa shape index (κ3) is 3.40. The minimum Gasteiger partial charge on any atom is -0.339 e. The number of aryl methyl sites for hydroxylation is 1. The van der Waals surface area contributed by atoms with Gasteiger partial charge in [-0.2, -0.15) is 10.4 Å². The number of aromatic nitrogens is 2. The maximum atomic E-state index is 14.7. The predicted octanol–water partition coefficient (Wildman–Crippen LogP) is 2.23. The van der Waals surface area contributed by atoms with E-state index in [0.29, 0.717) is 17.5 Å². The quantitative estimate of drug-likeness (QED) is 0.832. The highest BCUT2D eigenvalue weighted by Gasteiger charge is 2.43. The molecule has 2 N–H and O–H groups in total. The van der Waals surface area contributed by atoms with Crippen molar-refractivity contribution in [3.05, 3.63) is 41.5 Å². The number of piperidine rings is 1. The van der Waals surface area contributed by atoms with E-state index >= 15 is 0 Å². The number of nitrogens with one attached hydrogen (secondary N) is 2. The van der Waals surface area contributed by atoms with E-state index < -0.39 is 6.04 Å². The van der Waals surface area contributed by atoms with E-state index in [1.807, 2.05) is 20.0 Å². The Hall–Kier alpha value is -2.72. The van der Waals surface area contributed by atoms with E-state index in [0.717, 1.165) is 36.1 Å². The molecule has 2 bridgehead atoms. The SMILES string of the molecule is Cc1c(-c2ccc(CC(C#N)NC(=O)[C@H]3N[C@@H]4CC[C@H]3C4)c(F)c2)cnn1C. The van der Waals surface area contributed by atoms with Gasteiger partial charge in [0.1, 0.15) is 11.9 Å². The van der Waals surface area contributed by atoms with Gasteiger partial charge in [-0.15, -0.1) is 0 Å². The molecule has 7 heteroatoms. The minimum atomic E-state index is -0.756. The summed E-state index contributed by atoms with van der Waals surface area (Å²) < 4.78 is 16.4. The molecule has 28 heavy (non-hydrogen) atoms. The Balaban J connectivity index is 1.44. The Morgan fingerprint density at radius 3 is 2.89 bits per heavy atom. The highest BCUT2D eigenvalue weighted by Crippen LogP contribution is 2.35. The highest BCUT2D eigenvalue weighted by atomic mass is 19.1. The number of rotatable bonds is 5. The summed E-state index contributed by atoms with van der Waals surface area (Å²) in [6, 6.07) is 6.51. The average molecular weight is 381 g/mol. The zero-order valence-corrected chi connectivity index (χ0v) is 16.1. The Morgan fingerprint density at radius 2 is 2.32 bits per heavy atom. The summed E-state index contributed by atoms with van der Waals surface area (Å²) in [6.45, 7) is 1.93. The number of hydrogen-bond acceptors (Lipinski definition) is 4. The van der Waals surface area contributed by atoms with Crippen LogP contribution in [0.2, 0.25) is 0 Å². The summed E-state index contributed by atoms with van der Waals surface area (Å²) in [4.78, 5) is 12.5. The van der Waals surface area contributed by atoms with E-state index in [9.17, 15) is 14.4 Å². The van der Waals surface area contributed by atoms with Crippen LogP contribution < -0.4 is 10.6 Å². The van der Waals surface area contributed by atoms with Crippen LogP contribution in [0, 0.1) is 30.0 Å². The molecule has 146 valence electrons. The first kappa shape index (κ1) is 18.6. The second kappa shape index (κ2) is 7.36. The second-order valence-electron chi connectivity index (χ2n) is 7.88. The topological polar surface area (TPSA) is 82.7 Å². The molecule has 1 saturated carbocycles. The number of amides is 1. The Bertz CT molecular complexity index is 947. The lowest BCUT2D eigenvalue weighted by Gasteiger charge is -2.23. The van der Waals surface area contributed by atoms with Crippen LogP contribution in [0.5, 0.6) is 0 Å². The van der Waals surface area contributed by atoms with Crippen LogP contribution in [0.15, 0.2) is 24.4 Å². The summed E-state index contributed by atoms with van der Waals surface area (Å²) >= 11 is 0. The van der Waals surface area contributed by atoms with E-state index in [1.165, 1.54) is 6.07 Å². The molecular weight excluding hydrogens is 357 g/mol. The summed E-state index contributed by atoms with van der Waals surface area (Å²) in [5.74, 6) is -0.182. The molecule has 2 aromatic rings. The van der Waals surface area contributed by atoms with Crippen LogP contribution in [-0.4, -0.2) is 33.8 Å². The molecule has 1 aliphatic heterocycles. The number of benzene rings is 1. The summed E-state index contributed by atoms with van der Waals surface area (Å²) in [5.41, 5.74) is 2.99. The van der Waals surface area contributed by atoms with Crippen LogP contribution >= 0.6 is 0 Å². The number of fused-ring (bicyclic) bond motifs is 2. The van der Waals surface area contributed by atoms with Gasteiger partial charge in [-0.25, -0.2) is 4.39 Å². The Labute approximate surface area is 163 Å². The largest absolute Gasteiger partial charge is 0.339 e. The van der Waals surface area contributed by atoms with E-state index in [4.69, 9.17) is 0 Å². The van der Waals surface area contributed by atoms with Gasteiger partial charge in [0.05, 0.1) is 18.3 Å². The number of nitrogens with zero attached hydrogens (tertiary/aromatic N) is 3. The fourth-order valence-corrected chi connectivity index (χ4v) is 4.42. The molecule has 2 heterocycles. The molecule has 2 fully saturated rings. The lowest BCUT2D eigenvalue weighted by molar-refractivity contribution is -0.124. The van der Waals surface area contributed by atoms with Crippen molar-refractivity contribution in [3.8, 4) is 17.2 Å².